The first kappa shape index (κ1) is 17.8. The Morgan fingerprint density at radius 1 is 1.07 bits per heavy atom. The third kappa shape index (κ3) is 3.11. The summed E-state index contributed by atoms with van der Waals surface area (Å²) >= 11 is 9.85. The maximum absolute atomic E-state index is 6.38. The van der Waals surface area contributed by atoms with Gasteiger partial charge < -0.3 is 4.74 Å². The molecule has 3 aromatic carbocycles. The highest BCUT2D eigenvalue weighted by atomic mass is 79.9. The van der Waals surface area contributed by atoms with Gasteiger partial charge >= 0.3 is 0 Å². The molecule has 0 bridgehead atoms. The summed E-state index contributed by atoms with van der Waals surface area (Å²) in [4.78, 5) is 0. The number of rotatable bonds is 2. The lowest BCUT2D eigenvalue weighted by Crippen LogP contribution is -2.33. The van der Waals surface area contributed by atoms with Crippen molar-refractivity contribution in [3.8, 4) is 5.75 Å². The third-order valence-corrected chi connectivity index (χ3v) is 6.00. The molecular formula is C23H18BrClN2O. The Kier molecular flexibility index (Phi) is 4.41. The highest BCUT2D eigenvalue weighted by Crippen LogP contribution is 2.48. The number of nitrogens with zero attached hydrogens (tertiary/aromatic N) is 2. The van der Waals surface area contributed by atoms with Crippen LogP contribution in [0.1, 0.15) is 40.9 Å². The molecule has 3 nitrogen and oxygen atoms in total. The van der Waals surface area contributed by atoms with Crippen LogP contribution in [-0.2, 0) is 0 Å². The van der Waals surface area contributed by atoms with Crippen molar-refractivity contribution in [1.29, 1.82) is 0 Å². The zero-order valence-electron chi connectivity index (χ0n) is 15.3. The molecule has 0 aromatic heterocycles. The summed E-state index contributed by atoms with van der Waals surface area (Å²) in [6.45, 7) is 2.10. The van der Waals surface area contributed by atoms with E-state index in [1.807, 2.05) is 36.4 Å². The standard InChI is InChI=1S/C23H18BrClN2O/c1-14-5-7-15(8-6-14)20-13-21-19-12-17(24)9-10-22(19)28-23(27(21)26-20)16-3-2-4-18(25)11-16/h2-12,21,23H,13H2,1H3/t21-,23+/m1/s1. The summed E-state index contributed by atoms with van der Waals surface area (Å²) in [6, 6.07) is 22.7. The van der Waals surface area contributed by atoms with Crippen LogP contribution in [0, 0.1) is 6.92 Å². The SMILES string of the molecule is Cc1ccc(C2=NN3[C@H](C2)c2cc(Br)ccc2O[C@H]3c2cccc(Cl)c2)cc1. The van der Waals surface area contributed by atoms with Crippen LogP contribution in [0.4, 0.5) is 0 Å². The Labute approximate surface area is 177 Å². The second-order valence-electron chi connectivity index (χ2n) is 7.22. The summed E-state index contributed by atoms with van der Waals surface area (Å²) in [6.07, 6.45) is 0.535. The monoisotopic (exact) mass is 452 g/mol. The quantitative estimate of drug-likeness (QED) is 0.434. The molecule has 0 aliphatic carbocycles. The van der Waals surface area contributed by atoms with Crippen LogP contribution in [0.5, 0.6) is 5.75 Å². The van der Waals surface area contributed by atoms with Crippen LogP contribution < -0.4 is 4.74 Å². The Hall–Kier alpha value is -2.30. The maximum Gasteiger partial charge on any atom is 0.213 e. The summed E-state index contributed by atoms with van der Waals surface area (Å²) in [5, 5.41) is 7.77. The molecule has 0 saturated carbocycles. The maximum atomic E-state index is 6.38. The van der Waals surface area contributed by atoms with E-state index in [4.69, 9.17) is 21.4 Å². The van der Waals surface area contributed by atoms with Crippen LogP contribution in [0.2, 0.25) is 5.02 Å². The van der Waals surface area contributed by atoms with Crippen molar-refractivity contribution < 1.29 is 4.74 Å². The zero-order valence-corrected chi connectivity index (χ0v) is 17.6. The van der Waals surface area contributed by atoms with Gasteiger partial charge in [-0.3, -0.25) is 0 Å². The van der Waals surface area contributed by atoms with Crippen molar-refractivity contribution in [2.45, 2.75) is 25.6 Å². The molecule has 2 atom stereocenters. The van der Waals surface area contributed by atoms with Crippen molar-refractivity contribution in [3.05, 3.63) is 98.5 Å². The number of aryl methyl sites for hydroxylation is 1. The van der Waals surface area contributed by atoms with Gasteiger partial charge in [0.25, 0.3) is 0 Å². The molecule has 140 valence electrons. The molecule has 0 fully saturated rings. The van der Waals surface area contributed by atoms with Crippen LogP contribution in [0.25, 0.3) is 0 Å². The van der Waals surface area contributed by atoms with Gasteiger partial charge in [0.1, 0.15) is 5.75 Å². The lowest BCUT2D eigenvalue weighted by atomic mass is 9.95. The van der Waals surface area contributed by atoms with E-state index in [0.717, 1.165) is 39.0 Å². The van der Waals surface area contributed by atoms with Gasteiger partial charge in [0.15, 0.2) is 0 Å². The smallest absolute Gasteiger partial charge is 0.213 e. The van der Waals surface area contributed by atoms with E-state index in [0.29, 0.717) is 5.02 Å². The fraction of sp³-hybridized carbons (Fsp3) is 0.174. The topological polar surface area (TPSA) is 24.8 Å². The van der Waals surface area contributed by atoms with Gasteiger partial charge in [-0.25, -0.2) is 5.01 Å². The highest BCUT2D eigenvalue weighted by Gasteiger charge is 2.41. The number of fused-ring (bicyclic) bond motifs is 3. The first-order valence-corrected chi connectivity index (χ1v) is 10.4. The van der Waals surface area contributed by atoms with Gasteiger partial charge in [-0.1, -0.05) is 69.5 Å². The Bertz CT molecular complexity index is 1080. The molecule has 0 saturated heterocycles. The molecule has 0 spiro atoms. The lowest BCUT2D eigenvalue weighted by Gasteiger charge is -2.38. The molecule has 0 amide bonds. The first-order chi connectivity index (χ1) is 13.6. The molecule has 0 N–H and O–H groups in total. The number of benzene rings is 3. The van der Waals surface area contributed by atoms with Crippen LogP contribution in [-0.4, -0.2) is 10.7 Å². The lowest BCUT2D eigenvalue weighted by molar-refractivity contribution is -0.0190. The normalized spacial score (nSPS) is 20.2. The fourth-order valence-electron chi connectivity index (χ4n) is 3.86. The van der Waals surface area contributed by atoms with Gasteiger partial charge in [0.2, 0.25) is 6.23 Å². The summed E-state index contributed by atoms with van der Waals surface area (Å²) < 4.78 is 7.43. The minimum atomic E-state index is -0.305. The largest absolute Gasteiger partial charge is 0.464 e. The minimum Gasteiger partial charge on any atom is -0.464 e. The highest BCUT2D eigenvalue weighted by molar-refractivity contribution is 9.10. The van der Waals surface area contributed by atoms with E-state index < -0.39 is 0 Å². The van der Waals surface area contributed by atoms with Crippen LogP contribution in [0.3, 0.4) is 0 Å². The molecule has 0 unspecified atom stereocenters. The number of halogens is 2. The minimum absolute atomic E-state index is 0.126. The molecule has 2 heterocycles. The third-order valence-electron chi connectivity index (χ3n) is 5.27. The Morgan fingerprint density at radius 2 is 1.89 bits per heavy atom. The molecule has 2 aliphatic heterocycles. The Balaban J connectivity index is 1.61. The van der Waals surface area contributed by atoms with E-state index in [-0.39, 0.29) is 12.3 Å². The van der Waals surface area contributed by atoms with E-state index in [9.17, 15) is 0 Å². The molecule has 0 radical (unpaired) electrons. The summed E-state index contributed by atoms with van der Waals surface area (Å²) in [5.74, 6) is 0.898. The van der Waals surface area contributed by atoms with E-state index in [1.54, 1.807) is 0 Å². The number of hydrogen-bond donors (Lipinski definition) is 0. The average molecular weight is 454 g/mol. The molecule has 5 rings (SSSR count). The molecule has 5 heteroatoms. The van der Waals surface area contributed by atoms with Crippen molar-refractivity contribution >= 4 is 33.2 Å². The van der Waals surface area contributed by atoms with Crippen molar-refractivity contribution in [2.75, 3.05) is 0 Å². The van der Waals surface area contributed by atoms with Gasteiger partial charge in [-0.2, -0.15) is 5.10 Å². The summed E-state index contributed by atoms with van der Waals surface area (Å²) in [7, 11) is 0. The zero-order chi connectivity index (χ0) is 19.3. The Morgan fingerprint density at radius 3 is 2.68 bits per heavy atom. The van der Waals surface area contributed by atoms with E-state index >= 15 is 0 Å². The number of ether oxygens (including phenoxy) is 1. The molecule has 28 heavy (non-hydrogen) atoms. The van der Waals surface area contributed by atoms with Crippen molar-refractivity contribution in [3.63, 3.8) is 0 Å². The number of hydrazone groups is 1. The molecule has 3 aromatic rings. The predicted molar refractivity (Wildman–Crippen MR) is 116 cm³/mol. The van der Waals surface area contributed by atoms with Crippen molar-refractivity contribution in [2.24, 2.45) is 5.10 Å². The second kappa shape index (κ2) is 6.94. The molecule has 2 aliphatic rings. The number of hydrogen-bond acceptors (Lipinski definition) is 3. The van der Waals surface area contributed by atoms with Crippen LogP contribution >= 0.6 is 27.5 Å². The van der Waals surface area contributed by atoms with Gasteiger partial charge in [-0.05, 0) is 42.8 Å². The summed E-state index contributed by atoms with van der Waals surface area (Å²) in [5.41, 5.74) is 5.63. The van der Waals surface area contributed by atoms with Gasteiger partial charge in [0.05, 0.1) is 11.8 Å². The second-order valence-corrected chi connectivity index (χ2v) is 8.57. The average Bonchev–Trinajstić information content (AvgIpc) is 3.14. The van der Waals surface area contributed by atoms with E-state index in [1.165, 1.54) is 5.56 Å². The van der Waals surface area contributed by atoms with E-state index in [2.05, 4.69) is 58.2 Å². The van der Waals surface area contributed by atoms with Crippen LogP contribution in [0.15, 0.2) is 76.3 Å². The van der Waals surface area contributed by atoms with Gasteiger partial charge in [0, 0.05) is 27.0 Å². The first-order valence-electron chi connectivity index (χ1n) is 9.23. The predicted octanol–water partition coefficient (Wildman–Crippen LogP) is 6.65. The fourth-order valence-corrected chi connectivity index (χ4v) is 4.44. The molecular weight excluding hydrogens is 436 g/mol. The van der Waals surface area contributed by atoms with Gasteiger partial charge in [-0.15, -0.1) is 0 Å². The van der Waals surface area contributed by atoms with Crippen molar-refractivity contribution in [1.82, 2.24) is 5.01 Å².